The number of ether oxygens (including phenoxy) is 2. The fraction of sp³-hybridized carbons (Fsp3) is 0.400. The van der Waals surface area contributed by atoms with E-state index in [1.807, 2.05) is 12.1 Å². The number of benzene rings is 1. The molecule has 5 heteroatoms. The maximum Gasteiger partial charge on any atom is 0.123 e. The summed E-state index contributed by atoms with van der Waals surface area (Å²) in [5.74, 6) is 0.874. The Hall–Kier alpha value is -1.43. The third-order valence-electron chi connectivity index (χ3n) is 3.38. The van der Waals surface area contributed by atoms with E-state index < -0.39 is 0 Å². The molecule has 1 fully saturated rings. The quantitative estimate of drug-likeness (QED) is 0.867. The van der Waals surface area contributed by atoms with Crippen molar-refractivity contribution in [2.45, 2.75) is 6.54 Å². The second kappa shape index (κ2) is 6.35. The molecule has 0 N–H and O–H groups in total. The molecular weight excluding hydrogens is 272 g/mol. The Morgan fingerprint density at radius 1 is 1.25 bits per heavy atom. The van der Waals surface area contributed by atoms with Crippen LogP contribution < -0.4 is 4.74 Å². The molecule has 1 aliphatic rings. The monoisotopic (exact) mass is 290 g/mol. The van der Waals surface area contributed by atoms with Crippen LogP contribution in [0.5, 0.6) is 5.75 Å². The zero-order valence-corrected chi connectivity index (χ0v) is 12.4. The number of hydrogen-bond donors (Lipinski definition) is 0. The summed E-state index contributed by atoms with van der Waals surface area (Å²) in [6, 6.07) is 8.04. The first-order chi connectivity index (χ1) is 9.85. The van der Waals surface area contributed by atoms with Crippen LogP contribution in [-0.4, -0.2) is 43.3 Å². The van der Waals surface area contributed by atoms with Crippen molar-refractivity contribution in [1.82, 2.24) is 9.88 Å². The number of rotatable bonds is 4. The lowest BCUT2D eigenvalue weighted by Gasteiger charge is -2.25. The normalized spacial score (nSPS) is 16.2. The van der Waals surface area contributed by atoms with Crippen LogP contribution in [0, 0.1) is 0 Å². The second-order valence-electron chi connectivity index (χ2n) is 4.76. The van der Waals surface area contributed by atoms with E-state index in [0.717, 1.165) is 54.9 Å². The SMILES string of the molecule is COc1ccc(-c2nc(CN3CCOCC3)cs2)cc1. The minimum Gasteiger partial charge on any atom is -0.497 e. The Morgan fingerprint density at radius 2 is 2.00 bits per heavy atom. The summed E-state index contributed by atoms with van der Waals surface area (Å²) in [6.07, 6.45) is 0. The second-order valence-corrected chi connectivity index (χ2v) is 5.62. The summed E-state index contributed by atoms with van der Waals surface area (Å²) in [7, 11) is 1.68. The van der Waals surface area contributed by atoms with Gasteiger partial charge >= 0.3 is 0 Å². The van der Waals surface area contributed by atoms with Crippen molar-refractivity contribution in [3.63, 3.8) is 0 Å². The summed E-state index contributed by atoms with van der Waals surface area (Å²) in [4.78, 5) is 7.11. The minimum atomic E-state index is 0.829. The molecule has 0 saturated carbocycles. The van der Waals surface area contributed by atoms with Crippen LogP contribution in [0.1, 0.15) is 5.69 Å². The molecule has 1 aromatic carbocycles. The molecule has 0 aliphatic carbocycles. The molecule has 4 nitrogen and oxygen atoms in total. The summed E-state index contributed by atoms with van der Waals surface area (Å²) >= 11 is 1.69. The van der Waals surface area contributed by atoms with Crippen LogP contribution in [0.4, 0.5) is 0 Å². The molecule has 1 aliphatic heterocycles. The zero-order valence-electron chi connectivity index (χ0n) is 11.5. The molecule has 1 aromatic heterocycles. The van der Waals surface area contributed by atoms with E-state index in [9.17, 15) is 0 Å². The maximum absolute atomic E-state index is 5.36. The molecule has 20 heavy (non-hydrogen) atoms. The molecule has 3 rings (SSSR count). The van der Waals surface area contributed by atoms with Gasteiger partial charge in [0.2, 0.25) is 0 Å². The van der Waals surface area contributed by atoms with E-state index in [0.29, 0.717) is 0 Å². The van der Waals surface area contributed by atoms with E-state index >= 15 is 0 Å². The number of nitrogens with zero attached hydrogens (tertiary/aromatic N) is 2. The molecule has 0 atom stereocenters. The molecule has 106 valence electrons. The number of thiazole rings is 1. The van der Waals surface area contributed by atoms with Crippen molar-refractivity contribution < 1.29 is 9.47 Å². The highest BCUT2D eigenvalue weighted by atomic mass is 32.1. The lowest BCUT2D eigenvalue weighted by molar-refractivity contribution is 0.0337. The molecular formula is C15H18N2O2S. The first-order valence-corrected chi connectivity index (χ1v) is 7.62. The lowest BCUT2D eigenvalue weighted by Crippen LogP contribution is -2.35. The fourth-order valence-electron chi connectivity index (χ4n) is 2.23. The van der Waals surface area contributed by atoms with Gasteiger partial charge in [0.15, 0.2) is 0 Å². The van der Waals surface area contributed by atoms with Gasteiger partial charge in [-0.25, -0.2) is 4.98 Å². The average molecular weight is 290 g/mol. The largest absolute Gasteiger partial charge is 0.497 e. The van der Waals surface area contributed by atoms with Crippen LogP contribution in [-0.2, 0) is 11.3 Å². The number of hydrogen-bond acceptors (Lipinski definition) is 5. The van der Waals surface area contributed by atoms with Crippen molar-refractivity contribution in [2.75, 3.05) is 33.4 Å². The van der Waals surface area contributed by atoms with Crippen LogP contribution in [0.2, 0.25) is 0 Å². The van der Waals surface area contributed by atoms with Crippen LogP contribution in [0.15, 0.2) is 29.6 Å². The van der Waals surface area contributed by atoms with E-state index in [1.54, 1.807) is 18.4 Å². The smallest absolute Gasteiger partial charge is 0.123 e. The van der Waals surface area contributed by atoms with Crippen molar-refractivity contribution >= 4 is 11.3 Å². The van der Waals surface area contributed by atoms with Crippen LogP contribution in [0.25, 0.3) is 10.6 Å². The Bertz CT molecular complexity index is 547. The van der Waals surface area contributed by atoms with Gasteiger partial charge in [0, 0.05) is 30.6 Å². The average Bonchev–Trinajstić information content (AvgIpc) is 2.97. The Labute approximate surface area is 123 Å². The minimum absolute atomic E-state index is 0.829. The third kappa shape index (κ3) is 3.17. The van der Waals surface area contributed by atoms with Crippen molar-refractivity contribution in [2.24, 2.45) is 0 Å². The van der Waals surface area contributed by atoms with Gasteiger partial charge in [-0.3, -0.25) is 4.90 Å². The molecule has 2 aromatic rings. The Balaban J connectivity index is 1.68. The van der Waals surface area contributed by atoms with E-state index in [4.69, 9.17) is 14.5 Å². The summed E-state index contributed by atoms with van der Waals surface area (Å²) < 4.78 is 10.5. The first kappa shape index (κ1) is 13.5. The van der Waals surface area contributed by atoms with Crippen molar-refractivity contribution in [3.8, 4) is 16.3 Å². The molecule has 0 bridgehead atoms. The summed E-state index contributed by atoms with van der Waals surface area (Å²) in [6.45, 7) is 4.56. The van der Waals surface area contributed by atoms with Crippen LogP contribution in [0.3, 0.4) is 0 Å². The maximum atomic E-state index is 5.36. The van der Waals surface area contributed by atoms with Gasteiger partial charge < -0.3 is 9.47 Å². The molecule has 0 unspecified atom stereocenters. The number of morpholine rings is 1. The summed E-state index contributed by atoms with van der Waals surface area (Å²) in [5, 5.41) is 3.21. The van der Waals surface area contributed by atoms with E-state index in [2.05, 4.69) is 22.4 Å². The molecule has 0 spiro atoms. The third-order valence-corrected chi connectivity index (χ3v) is 4.32. The van der Waals surface area contributed by atoms with E-state index in [1.165, 1.54) is 0 Å². The molecule has 0 radical (unpaired) electrons. The molecule has 1 saturated heterocycles. The fourth-order valence-corrected chi connectivity index (χ4v) is 3.05. The van der Waals surface area contributed by atoms with E-state index in [-0.39, 0.29) is 0 Å². The molecule has 2 heterocycles. The Kier molecular flexibility index (Phi) is 4.30. The zero-order chi connectivity index (χ0) is 13.8. The van der Waals surface area contributed by atoms with Gasteiger partial charge in [-0.2, -0.15) is 0 Å². The topological polar surface area (TPSA) is 34.6 Å². The van der Waals surface area contributed by atoms with Gasteiger partial charge in [0.05, 0.1) is 26.0 Å². The van der Waals surface area contributed by atoms with Crippen molar-refractivity contribution in [1.29, 1.82) is 0 Å². The molecule has 0 amide bonds. The highest BCUT2D eigenvalue weighted by Crippen LogP contribution is 2.26. The number of methoxy groups -OCH3 is 1. The van der Waals surface area contributed by atoms with Crippen molar-refractivity contribution in [3.05, 3.63) is 35.3 Å². The van der Waals surface area contributed by atoms with Crippen LogP contribution >= 0.6 is 11.3 Å². The predicted molar refractivity (Wildman–Crippen MR) is 80.2 cm³/mol. The van der Waals surface area contributed by atoms with Gasteiger partial charge in [-0.1, -0.05) is 0 Å². The summed E-state index contributed by atoms with van der Waals surface area (Å²) in [5.41, 5.74) is 2.28. The van der Waals surface area contributed by atoms with Gasteiger partial charge in [-0.05, 0) is 24.3 Å². The van der Waals surface area contributed by atoms with Gasteiger partial charge in [-0.15, -0.1) is 11.3 Å². The first-order valence-electron chi connectivity index (χ1n) is 6.74. The standard InChI is InChI=1S/C15H18N2O2S/c1-18-14-4-2-12(3-5-14)15-16-13(11-20-15)10-17-6-8-19-9-7-17/h2-5,11H,6-10H2,1H3. The predicted octanol–water partition coefficient (Wildman–Crippen LogP) is 2.65. The highest BCUT2D eigenvalue weighted by molar-refractivity contribution is 7.13. The van der Waals surface area contributed by atoms with Gasteiger partial charge in [0.1, 0.15) is 10.8 Å². The lowest BCUT2D eigenvalue weighted by atomic mass is 10.2. The van der Waals surface area contributed by atoms with Gasteiger partial charge in [0.25, 0.3) is 0 Å². The Morgan fingerprint density at radius 3 is 2.70 bits per heavy atom. The highest BCUT2D eigenvalue weighted by Gasteiger charge is 2.13. The number of aromatic nitrogens is 1.